The Kier molecular flexibility index (Phi) is 7.24. The Morgan fingerprint density at radius 2 is 2.03 bits per heavy atom. The first-order chi connectivity index (χ1) is 15.4. The number of rotatable bonds is 7. The van der Waals surface area contributed by atoms with Gasteiger partial charge < -0.3 is 24.8 Å². The Morgan fingerprint density at radius 3 is 2.66 bits per heavy atom. The van der Waals surface area contributed by atoms with Crippen molar-refractivity contribution in [2.75, 3.05) is 43.5 Å². The molecule has 0 bridgehead atoms. The molecule has 11 nitrogen and oxygen atoms in total. The van der Waals surface area contributed by atoms with Crippen LogP contribution in [-0.4, -0.2) is 49.8 Å². The average molecular weight is 460 g/mol. The second kappa shape index (κ2) is 10.1. The van der Waals surface area contributed by atoms with Gasteiger partial charge in [-0.25, -0.2) is 9.59 Å². The molecule has 1 aromatic heterocycles. The fourth-order valence-electron chi connectivity index (χ4n) is 3.20. The summed E-state index contributed by atoms with van der Waals surface area (Å²) in [5, 5.41) is 21.0. The normalized spacial score (nSPS) is 13.3. The fourth-order valence-corrected chi connectivity index (χ4v) is 4.11. The highest BCUT2D eigenvalue weighted by Crippen LogP contribution is 2.33. The smallest absolute Gasteiger partial charge is 0.348 e. The lowest BCUT2D eigenvalue weighted by Crippen LogP contribution is -2.36. The number of ether oxygens (including phenoxy) is 3. The van der Waals surface area contributed by atoms with Gasteiger partial charge in [-0.1, -0.05) is 0 Å². The van der Waals surface area contributed by atoms with E-state index in [1.807, 2.05) is 11.0 Å². The molecule has 2 aromatic rings. The van der Waals surface area contributed by atoms with Gasteiger partial charge in [0, 0.05) is 24.7 Å². The van der Waals surface area contributed by atoms with Crippen LogP contribution in [0.3, 0.4) is 0 Å². The largest absolute Gasteiger partial charge is 0.462 e. The van der Waals surface area contributed by atoms with Crippen LogP contribution in [0.25, 0.3) is 0 Å². The highest BCUT2D eigenvalue weighted by Gasteiger charge is 2.26. The predicted molar refractivity (Wildman–Crippen MR) is 115 cm³/mol. The number of nitriles is 1. The first-order valence-corrected chi connectivity index (χ1v) is 10.5. The van der Waals surface area contributed by atoms with Crippen LogP contribution in [0, 0.1) is 21.4 Å². The number of thiophene rings is 1. The van der Waals surface area contributed by atoms with E-state index in [0.29, 0.717) is 32.0 Å². The van der Waals surface area contributed by atoms with Crippen LogP contribution in [-0.2, 0) is 20.8 Å². The quantitative estimate of drug-likeness (QED) is 0.369. The monoisotopic (exact) mass is 460 g/mol. The number of nitrogens with two attached hydrogens (primary N) is 1. The summed E-state index contributed by atoms with van der Waals surface area (Å²) in [5.41, 5.74) is 6.09. The molecule has 168 valence electrons. The highest BCUT2D eigenvalue weighted by atomic mass is 32.1. The van der Waals surface area contributed by atoms with Gasteiger partial charge in [-0.2, -0.15) is 5.26 Å². The second-order valence-corrected chi connectivity index (χ2v) is 7.67. The van der Waals surface area contributed by atoms with Gasteiger partial charge in [-0.3, -0.25) is 10.1 Å². The summed E-state index contributed by atoms with van der Waals surface area (Å²) >= 11 is 0.870. The van der Waals surface area contributed by atoms with E-state index in [9.17, 15) is 25.0 Å². The molecule has 1 aliphatic heterocycles. The molecular weight excluding hydrogens is 440 g/mol. The molecule has 0 radical (unpaired) electrons. The van der Waals surface area contributed by atoms with Gasteiger partial charge in [0.25, 0.3) is 5.69 Å². The van der Waals surface area contributed by atoms with Crippen molar-refractivity contribution in [1.82, 2.24) is 0 Å². The molecule has 3 rings (SSSR count). The van der Waals surface area contributed by atoms with Gasteiger partial charge in [0.15, 0.2) is 0 Å². The zero-order valence-electron chi connectivity index (χ0n) is 17.2. The van der Waals surface area contributed by atoms with Gasteiger partial charge in [0.1, 0.15) is 28.2 Å². The summed E-state index contributed by atoms with van der Waals surface area (Å²) < 4.78 is 15.5. The first kappa shape index (κ1) is 23.0. The van der Waals surface area contributed by atoms with E-state index < -0.39 is 23.5 Å². The van der Waals surface area contributed by atoms with E-state index in [1.54, 1.807) is 6.92 Å². The fraction of sp³-hybridized carbons (Fsp3) is 0.350. The molecule has 32 heavy (non-hydrogen) atoms. The van der Waals surface area contributed by atoms with Crippen molar-refractivity contribution >= 4 is 39.7 Å². The molecule has 0 atom stereocenters. The first-order valence-electron chi connectivity index (χ1n) is 9.64. The molecule has 1 aliphatic rings. The maximum absolute atomic E-state index is 12.6. The molecule has 0 spiro atoms. The number of benzene rings is 1. The topological polar surface area (TPSA) is 158 Å². The SMILES string of the molecule is CCOC(=O)c1sc(N)c(C#N)c1COC(=O)c1ccc(N2CCOCC2)c([N+](=O)[O-])c1. The van der Waals surface area contributed by atoms with Crippen molar-refractivity contribution < 1.29 is 28.7 Å². The Balaban J connectivity index is 1.82. The number of hydrogen-bond acceptors (Lipinski definition) is 11. The maximum Gasteiger partial charge on any atom is 0.348 e. The minimum Gasteiger partial charge on any atom is -0.462 e. The molecule has 0 unspecified atom stereocenters. The predicted octanol–water partition coefficient (Wildman–Crippen LogP) is 2.48. The molecule has 0 saturated carbocycles. The van der Waals surface area contributed by atoms with Crippen LogP contribution in [0.2, 0.25) is 0 Å². The summed E-state index contributed by atoms with van der Waals surface area (Å²) in [4.78, 5) is 37.7. The number of anilines is 2. The molecule has 1 aromatic carbocycles. The Hall–Kier alpha value is -3.69. The van der Waals surface area contributed by atoms with E-state index >= 15 is 0 Å². The van der Waals surface area contributed by atoms with Gasteiger partial charge in [-0.05, 0) is 19.1 Å². The minimum absolute atomic E-state index is 0.0273. The number of carbonyl (C=O) groups excluding carboxylic acids is 2. The number of morpholine rings is 1. The minimum atomic E-state index is -0.843. The summed E-state index contributed by atoms with van der Waals surface area (Å²) in [5.74, 6) is -1.52. The summed E-state index contributed by atoms with van der Waals surface area (Å²) in [6.45, 7) is 3.24. The van der Waals surface area contributed by atoms with Crippen LogP contribution >= 0.6 is 11.3 Å². The van der Waals surface area contributed by atoms with Crippen molar-refractivity contribution in [3.05, 3.63) is 49.9 Å². The van der Waals surface area contributed by atoms with Crippen molar-refractivity contribution in [3.63, 3.8) is 0 Å². The van der Waals surface area contributed by atoms with Crippen LogP contribution in [0.1, 0.15) is 38.1 Å². The summed E-state index contributed by atoms with van der Waals surface area (Å²) in [6, 6.07) is 5.96. The van der Waals surface area contributed by atoms with Gasteiger partial charge in [0.2, 0.25) is 0 Å². The Labute approximate surface area is 187 Å². The standard InChI is InChI=1S/C20H20N4O7S/c1-2-30-20(26)17-14(13(10-21)18(22)32-17)11-31-19(25)12-3-4-15(16(9-12)24(27)28)23-5-7-29-8-6-23/h3-4,9H,2,5-8,11,22H2,1H3. The van der Waals surface area contributed by atoms with Crippen molar-refractivity contribution in [2.45, 2.75) is 13.5 Å². The number of esters is 2. The van der Waals surface area contributed by atoms with E-state index in [1.165, 1.54) is 12.1 Å². The summed E-state index contributed by atoms with van der Waals surface area (Å²) in [6.07, 6.45) is 0. The summed E-state index contributed by atoms with van der Waals surface area (Å²) in [7, 11) is 0. The third-order valence-corrected chi connectivity index (χ3v) is 5.76. The molecule has 0 amide bonds. The van der Waals surface area contributed by atoms with Crippen molar-refractivity contribution in [2.24, 2.45) is 0 Å². The number of nitrogens with zero attached hydrogens (tertiary/aromatic N) is 3. The average Bonchev–Trinajstić information content (AvgIpc) is 3.12. The lowest BCUT2D eigenvalue weighted by Gasteiger charge is -2.28. The van der Waals surface area contributed by atoms with Crippen LogP contribution in [0.5, 0.6) is 0 Å². The zero-order chi connectivity index (χ0) is 23.3. The number of carbonyl (C=O) groups is 2. The third kappa shape index (κ3) is 4.79. The Bertz CT molecular complexity index is 1090. The molecule has 12 heteroatoms. The third-order valence-electron chi connectivity index (χ3n) is 4.71. The zero-order valence-corrected chi connectivity index (χ0v) is 18.0. The lowest BCUT2D eigenvalue weighted by molar-refractivity contribution is -0.384. The van der Waals surface area contributed by atoms with E-state index in [4.69, 9.17) is 19.9 Å². The van der Waals surface area contributed by atoms with Crippen molar-refractivity contribution in [1.29, 1.82) is 5.26 Å². The highest BCUT2D eigenvalue weighted by molar-refractivity contribution is 7.18. The van der Waals surface area contributed by atoms with E-state index in [-0.39, 0.29) is 38.9 Å². The Morgan fingerprint density at radius 1 is 1.31 bits per heavy atom. The molecule has 2 heterocycles. The van der Waals surface area contributed by atoms with Crippen LogP contribution in [0.15, 0.2) is 18.2 Å². The molecule has 0 aliphatic carbocycles. The van der Waals surface area contributed by atoms with E-state index in [2.05, 4.69) is 0 Å². The maximum atomic E-state index is 12.6. The number of nitro benzene ring substituents is 1. The molecule has 2 N–H and O–H groups in total. The van der Waals surface area contributed by atoms with Crippen LogP contribution in [0.4, 0.5) is 16.4 Å². The molecular formula is C20H20N4O7S. The lowest BCUT2D eigenvalue weighted by atomic mass is 10.1. The second-order valence-electron chi connectivity index (χ2n) is 6.62. The van der Waals surface area contributed by atoms with Crippen molar-refractivity contribution in [3.8, 4) is 6.07 Å². The van der Waals surface area contributed by atoms with Gasteiger partial charge >= 0.3 is 11.9 Å². The molecule has 1 fully saturated rings. The number of hydrogen-bond donors (Lipinski definition) is 1. The van der Waals surface area contributed by atoms with Gasteiger partial charge in [0.05, 0.1) is 35.9 Å². The van der Waals surface area contributed by atoms with Gasteiger partial charge in [-0.15, -0.1) is 11.3 Å². The number of nitrogen functional groups attached to an aromatic ring is 1. The van der Waals surface area contributed by atoms with Crippen LogP contribution < -0.4 is 10.6 Å². The van der Waals surface area contributed by atoms with E-state index in [0.717, 1.165) is 17.4 Å². The molecule has 1 saturated heterocycles. The number of nitro groups is 1.